The molecular formula is C11H19U-. The average Bonchev–Trinajstić information content (AvgIpc) is 1.93. The molecule has 3 fully saturated rings. The van der Waals surface area contributed by atoms with Crippen molar-refractivity contribution < 1.29 is 31.1 Å². The van der Waals surface area contributed by atoms with Crippen molar-refractivity contribution in [1.29, 1.82) is 0 Å². The van der Waals surface area contributed by atoms with Crippen molar-refractivity contribution in [2.45, 2.75) is 40.5 Å². The second-order valence-corrected chi connectivity index (χ2v) is 5.19. The maximum absolute atomic E-state index is 2.45. The predicted molar refractivity (Wildman–Crippen MR) is 48.1 cm³/mol. The zero-order chi connectivity index (χ0) is 8.22. The molecule has 3 saturated carbocycles. The quantitative estimate of drug-likeness (QED) is 0.558. The molecule has 0 heterocycles. The van der Waals surface area contributed by atoms with Crippen LogP contribution in [0.3, 0.4) is 0 Å². The second-order valence-electron chi connectivity index (χ2n) is 5.19. The molecule has 0 aromatic rings. The molecule has 3 atom stereocenters. The van der Waals surface area contributed by atoms with Gasteiger partial charge in [-0.2, -0.15) is 18.8 Å². The van der Waals surface area contributed by atoms with Crippen LogP contribution in [0.1, 0.15) is 40.5 Å². The first-order valence-electron chi connectivity index (χ1n) is 4.87. The van der Waals surface area contributed by atoms with Crippen LogP contribution in [0, 0.1) is 60.2 Å². The minimum atomic E-state index is 0. The molecule has 0 N–H and O–H groups in total. The van der Waals surface area contributed by atoms with Crippen LogP contribution in [0.4, 0.5) is 0 Å². The largest absolute Gasteiger partial charge is 0.310 e. The summed E-state index contributed by atoms with van der Waals surface area (Å²) in [4.78, 5) is 0. The Balaban J connectivity index is 0.000000720. The van der Waals surface area contributed by atoms with E-state index in [0.717, 1.165) is 17.8 Å². The fourth-order valence-corrected chi connectivity index (χ4v) is 3.14. The van der Waals surface area contributed by atoms with Crippen LogP contribution in [0.2, 0.25) is 0 Å². The van der Waals surface area contributed by atoms with Crippen molar-refractivity contribution in [2.75, 3.05) is 0 Å². The van der Waals surface area contributed by atoms with Gasteiger partial charge in [0.2, 0.25) is 0 Å². The third-order valence-corrected chi connectivity index (χ3v) is 4.44. The number of hydrogen-bond acceptors (Lipinski definition) is 0. The first-order chi connectivity index (χ1) is 5.03. The molecule has 3 aliphatic rings. The van der Waals surface area contributed by atoms with Gasteiger partial charge in [-0.05, 0) is 5.92 Å². The zero-order valence-electron chi connectivity index (χ0n) is 8.65. The van der Waals surface area contributed by atoms with Gasteiger partial charge in [-0.15, -0.1) is 0 Å². The topological polar surface area (TPSA) is 0 Å². The summed E-state index contributed by atoms with van der Waals surface area (Å²) in [5, 5.41) is 0. The minimum Gasteiger partial charge on any atom is -0.310 e. The van der Waals surface area contributed by atoms with Crippen LogP contribution < -0.4 is 0 Å². The van der Waals surface area contributed by atoms with Gasteiger partial charge in [0.15, 0.2) is 0 Å². The molecule has 0 radical (unpaired) electrons. The van der Waals surface area contributed by atoms with Gasteiger partial charge < -0.3 is 5.92 Å². The molecule has 0 aromatic carbocycles. The maximum Gasteiger partial charge on any atom is 0 e. The molecule has 1 heteroatoms. The molecule has 0 saturated heterocycles. The van der Waals surface area contributed by atoms with Crippen molar-refractivity contribution in [3.8, 4) is 0 Å². The number of rotatable bonds is 0. The number of fused-ring (bicyclic) bond motifs is 2. The van der Waals surface area contributed by atoms with E-state index in [-0.39, 0.29) is 31.1 Å². The molecule has 0 aliphatic heterocycles. The second kappa shape index (κ2) is 3.32. The molecule has 2 bridgehead atoms. The van der Waals surface area contributed by atoms with Crippen LogP contribution in [0.5, 0.6) is 0 Å². The van der Waals surface area contributed by atoms with E-state index in [2.05, 4.69) is 27.7 Å². The van der Waals surface area contributed by atoms with E-state index in [1.54, 1.807) is 5.92 Å². The fourth-order valence-electron chi connectivity index (χ4n) is 3.14. The average molecular weight is 389 g/mol. The van der Waals surface area contributed by atoms with E-state index in [0.29, 0.717) is 5.41 Å². The molecule has 3 rings (SSSR count). The Hall–Kier alpha value is 1.05. The Kier molecular flexibility index (Phi) is 3.08. The third-order valence-electron chi connectivity index (χ3n) is 4.44. The predicted octanol–water partition coefficient (Wildman–Crippen LogP) is 3.28. The van der Waals surface area contributed by atoms with Crippen LogP contribution in [-0.4, -0.2) is 0 Å². The molecule has 0 aromatic heterocycles. The molecule has 0 spiro atoms. The monoisotopic (exact) mass is 389 g/mol. The SMILES string of the molecule is C[C-]1C(C)C[C@@H]2C[C@H]1C2(C)C.[U]. The summed E-state index contributed by atoms with van der Waals surface area (Å²) in [7, 11) is 0. The molecular weight excluding hydrogens is 370 g/mol. The van der Waals surface area contributed by atoms with Crippen LogP contribution >= 0.6 is 0 Å². The van der Waals surface area contributed by atoms with Crippen molar-refractivity contribution in [3.05, 3.63) is 5.92 Å². The number of hydrogen-bond donors (Lipinski definition) is 0. The van der Waals surface area contributed by atoms with Gasteiger partial charge in [0.1, 0.15) is 0 Å². The van der Waals surface area contributed by atoms with E-state index in [9.17, 15) is 0 Å². The molecule has 3 aliphatic carbocycles. The van der Waals surface area contributed by atoms with Gasteiger partial charge in [0, 0.05) is 31.1 Å². The summed E-state index contributed by atoms with van der Waals surface area (Å²) < 4.78 is 0. The van der Waals surface area contributed by atoms with Gasteiger partial charge in [-0.3, -0.25) is 0 Å². The third kappa shape index (κ3) is 1.32. The summed E-state index contributed by atoms with van der Waals surface area (Å²) >= 11 is 0. The van der Waals surface area contributed by atoms with Gasteiger partial charge in [-0.25, -0.2) is 0 Å². The standard InChI is InChI=1S/C11H19.U/c1-7-5-9-6-10(8(7)2)11(9,3)4;/h7,9-10H,5-6H2,1-4H3;/q-1;/t7?,9-,10-;/m1./s1. The van der Waals surface area contributed by atoms with Crippen LogP contribution in [0.25, 0.3) is 0 Å². The minimum absolute atomic E-state index is 0. The molecule has 0 amide bonds. The first kappa shape index (κ1) is 11.1. The van der Waals surface area contributed by atoms with Crippen molar-refractivity contribution in [1.82, 2.24) is 0 Å². The Morgan fingerprint density at radius 3 is 2.17 bits per heavy atom. The molecule has 0 nitrogen and oxygen atoms in total. The molecule has 12 heavy (non-hydrogen) atoms. The van der Waals surface area contributed by atoms with Gasteiger partial charge >= 0.3 is 0 Å². The zero-order valence-corrected chi connectivity index (χ0v) is 12.8. The normalized spacial score (nSPS) is 44.5. The van der Waals surface area contributed by atoms with Crippen LogP contribution in [-0.2, 0) is 0 Å². The molecule has 68 valence electrons. The van der Waals surface area contributed by atoms with E-state index < -0.39 is 0 Å². The maximum atomic E-state index is 2.45. The van der Waals surface area contributed by atoms with Crippen molar-refractivity contribution >= 4 is 0 Å². The van der Waals surface area contributed by atoms with Crippen molar-refractivity contribution in [2.24, 2.45) is 23.2 Å². The van der Waals surface area contributed by atoms with E-state index in [1.165, 1.54) is 12.8 Å². The molecule has 1 unspecified atom stereocenters. The summed E-state index contributed by atoms with van der Waals surface area (Å²) in [5.41, 5.74) is 0.649. The van der Waals surface area contributed by atoms with Gasteiger partial charge in [-0.1, -0.05) is 39.0 Å². The van der Waals surface area contributed by atoms with E-state index >= 15 is 0 Å². The van der Waals surface area contributed by atoms with Gasteiger partial charge in [0.25, 0.3) is 0 Å². The van der Waals surface area contributed by atoms with Gasteiger partial charge in [0.05, 0.1) is 0 Å². The first-order valence-corrected chi connectivity index (χ1v) is 4.87. The Labute approximate surface area is 100 Å². The summed E-state index contributed by atoms with van der Waals surface area (Å²) in [6, 6.07) is 0. The van der Waals surface area contributed by atoms with E-state index in [4.69, 9.17) is 0 Å². The Bertz CT molecular complexity index is 174. The van der Waals surface area contributed by atoms with E-state index in [1.807, 2.05) is 0 Å². The van der Waals surface area contributed by atoms with Crippen LogP contribution in [0.15, 0.2) is 0 Å². The fraction of sp³-hybridized carbons (Fsp3) is 0.909. The summed E-state index contributed by atoms with van der Waals surface area (Å²) in [6.45, 7) is 9.65. The van der Waals surface area contributed by atoms with Crippen molar-refractivity contribution in [3.63, 3.8) is 0 Å². The smallest absolute Gasteiger partial charge is 0 e. The Morgan fingerprint density at radius 1 is 1.25 bits per heavy atom. The summed E-state index contributed by atoms with van der Waals surface area (Å²) in [6.07, 6.45) is 2.94. The Morgan fingerprint density at radius 2 is 1.83 bits per heavy atom. The summed E-state index contributed by atoms with van der Waals surface area (Å²) in [5.74, 6) is 4.67.